The number of thiol groups is 2. The molecule has 0 heterocycles. The van der Waals surface area contributed by atoms with Crippen LogP contribution in [0.5, 0.6) is 5.75 Å². The highest BCUT2D eigenvalue weighted by molar-refractivity contribution is 7.79. The van der Waals surface area contributed by atoms with E-state index in [0.717, 1.165) is 30.4 Å². The van der Waals surface area contributed by atoms with Gasteiger partial charge in [0.15, 0.2) is 0 Å². The second kappa shape index (κ2) is 15.7. The van der Waals surface area contributed by atoms with Crippen LogP contribution in [0, 0.1) is 0 Å². The Morgan fingerprint density at radius 3 is 1.92 bits per heavy atom. The number of rotatable bonds is 16. The minimum atomic E-state index is 0.730. The molecule has 1 aromatic rings. The maximum absolute atomic E-state index is 6.03. The normalized spacial score (nSPS) is 11.3. The molecule has 26 heavy (non-hydrogen) atoms. The molecule has 0 spiro atoms. The quantitative estimate of drug-likeness (QED) is 0.248. The fourth-order valence-electron chi connectivity index (χ4n) is 3.15. The van der Waals surface area contributed by atoms with E-state index in [2.05, 4.69) is 62.2 Å². The number of hydrogen-bond acceptors (Lipinski definition) is 4. The lowest BCUT2D eigenvalue weighted by atomic mass is 10.1. The molecule has 0 N–H and O–H groups in total. The summed E-state index contributed by atoms with van der Waals surface area (Å²) in [5.41, 5.74) is 2.46. The Balaban J connectivity index is 2.42. The minimum Gasteiger partial charge on any atom is -0.492 e. The molecule has 0 saturated heterocycles. The zero-order valence-corrected chi connectivity index (χ0v) is 18.7. The topological polar surface area (TPSA) is 12.5 Å². The summed E-state index contributed by atoms with van der Waals surface area (Å²) >= 11 is 8.80. The monoisotopic (exact) mass is 397 g/mol. The third-order valence-electron chi connectivity index (χ3n) is 4.85. The van der Waals surface area contributed by atoms with Crippen molar-refractivity contribution in [2.45, 2.75) is 76.7 Å². The van der Waals surface area contributed by atoms with E-state index in [1.165, 1.54) is 75.6 Å². The van der Waals surface area contributed by atoms with Gasteiger partial charge < -0.3 is 4.74 Å². The number of nitrogens with zero attached hydrogens (tertiary/aromatic N) is 1. The molecule has 0 radical (unpaired) electrons. The van der Waals surface area contributed by atoms with Gasteiger partial charge in [0.25, 0.3) is 0 Å². The summed E-state index contributed by atoms with van der Waals surface area (Å²) < 4.78 is 6.03. The Hall–Kier alpha value is -0.320. The van der Waals surface area contributed by atoms with Crippen LogP contribution in [0.15, 0.2) is 18.2 Å². The van der Waals surface area contributed by atoms with Crippen molar-refractivity contribution in [3.8, 4) is 5.75 Å². The maximum Gasteiger partial charge on any atom is 0.119 e. The van der Waals surface area contributed by atoms with E-state index in [4.69, 9.17) is 4.74 Å². The standard InChI is InChI=1S/C22H39NOS2/c1-3-5-7-9-13-23(14-10-8-6-4-2)15-16-24-22-12-11-20(18-25)21(17-22)19-26/h11-12,17,25-26H,3-10,13-16,18-19H2,1-2H3. The van der Waals surface area contributed by atoms with Gasteiger partial charge in [-0.15, -0.1) is 0 Å². The van der Waals surface area contributed by atoms with Crippen molar-refractivity contribution in [1.82, 2.24) is 4.90 Å². The molecule has 0 unspecified atom stereocenters. The van der Waals surface area contributed by atoms with Crippen LogP contribution in [0.25, 0.3) is 0 Å². The van der Waals surface area contributed by atoms with E-state index >= 15 is 0 Å². The van der Waals surface area contributed by atoms with Crippen molar-refractivity contribution in [2.75, 3.05) is 26.2 Å². The molecular weight excluding hydrogens is 358 g/mol. The highest BCUT2D eigenvalue weighted by Crippen LogP contribution is 2.21. The SMILES string of the molecule is CCCCCCN(CCCCCC)CCOc1ccc(CS)c(CS)c1. The van der Waals surface area contributed by atoms with Gasteiger partial charge in [0.2, 0.25) is 0 Å². The molecule has 1 rings (SSSR count). The molecule has 2 nitrogen and oxygen atoms in total. The van der Waals surface area contributed by atoms with Gasteiger partial charge in [0, 0.05) is 18.1 Å². The first-order chi connectivity index (χ1) is 12.7. The highest BCUT2D eigenvalue weighted by Gasteiger charge is 2.07. The van der Waals surface area contributed by atoms with Crippen molar-refractivity contribution in [2.24, 2.45) is 0 Å². The number of hydrogen-bond donors (Lipinski definition) is 2. The zero-order chi connectivity index (χ0) is 19.0. The van der Waals surface area contributed by atoms with Crippen LogP contribution in [0.4, 0.5) is 0 Å². The molecule has 0 aliphatic rings. The number of unbranched alkanes of at least 4 members (excludes halogenated alkanes) is 6. The van der Waals surface area contributed by atoms with Gasteiger partial charge in [-0.3, -0.25) is 4.90 Å². The van der Waals surface area contributed by atoms with Crippen LogP contribution in [0.3, 0.4) is 0 Å². The van der Waals surface area contributed by atoms with Crippen molar-refractivity contribution in [3.63, 3.8) is 0 Å². The van der Waals surface area contributed by atoms with Gasteiger partial charge >= 0.3 is 0 Å². The lowest BCUT2D eigenvalue weighted by molar-refractivity contribution is 0.202. The summed E-state index contributed by atoms with van der Waals surface area (Å²) in [7, 11) is 0. The average molecular weight is 398 g/mol. The van der Waals surface area contributed by atoms with Gasteiger partial charge in [0.05, 0.1) is 0 Å². The van der Waals surface area contributed by atoms with Crippen LogP contribution >= 0.6 is 25.3 Å². The first-order valence-electron chi connectivity index (χ1n) is 10.4. The molecule has 0 aliphatic heterocycles. The molecule has 0 atom stereocenters. The van der Waals surface area contributed by atoms with Gasteiger partial charge in [-0.1, -0.05) is 58.4 Å². The number of benzene rings is 1. The van der Waals surface area contributed by atoms with E-state index < -0.39 is 0 Å². The van der Waals surface area contributed by atoms with Crippen LogP contribution < -0.4 is 4.74 Å². The summed E-state index contributed by atoms with van der Waals surface area (Å²) in [5, 5.41) is 0. The lowest BCUT2D eigenvalue weighted by Crippen LogP contribution is -2.30. The third-order valence-corrected chi connectivity index (χ3v) is 5.53. The molecule has 150 valence electrons. The van der Waals surface area contributed by atoms with Gasteiger partial charge in [-0.05, 0) is 49.2 Å². The molecule has 0 aliphatic carbocycles. The molecular formula is C22H39NOS2. The third kappa shape index (κ3) is 10.1. The van der Waals surface area contributed by atoms with E-state index in [9.17, 15) is 0 Å². The molecule has 0 amide bonds. The first kappa shape index (κ1) is 23.7. The van der Waals surface area contributed by atoms with Gasteiger partial charge in [-0.25, -0.2) is 0 Å². The van der Waals surface area contributed by atoms with Crippen LogP contribution in [0.2, 0.25) is 0 Å². The van der Waals surface area contributed by atoms with E-state index in [1.807, 2.05) is 0 Å². The Labute approximate surface area is 172 Å². The zero-order valence-electron chi connectivity index (χ0n) is 16.9. The van der Waals surface area contributed by atoms with Crippen LogP contribution in [-0.2, 0) is 11.5 Å². The minimum absolute atomic E-state index is 0.730. The highest BCUT2D eigenvalue weighted by atomic mass is 32.1. The van der Waals surface area contributed by atoms with Crippen molar-refractivity contribution in [3.05, 3.63) is 29.3 Å². The largest absolute Gasteiger partial charge is 0.492 e. The van der Waals surface area contributed by atoms with E-state index in [-0.39, 0.29) is 0 Å². The van der Waals surface area contributed by atoms with Gasteiger partial charge in [0.1, 0.15) is 12.4 Å². The molecule has 0 aromatic heterocycles. The summed E-state index contributed by atoms with van der Waals surface area (Å²) in [6.45, 7) is 8.73. The summed E-state index contributed by atoms with van der Waals surface area (Å²) in [4.78, 5) is 2.59. The Morgan fingerprint density at radius 2 is 1.38 bits per heavy atom. The Kier molecular flexibility index (Phi) is 14.3. The van der Waals surface area contributed by atoms with E-state index in [1.54, 1.807) is 0 Å². The van der Waals surface area contributed by atoms with Gasteiger partial charge in [-0.2, -0.15) is 25.3 Å². The lowest BCUT2D eigenvalue weighted by Gasteiger charge is -2.22. The summed E-state index contributed by atoms with van der Waals surface area (Å²) in [6.07, 6.45) is 10.6. The van der Waals surface area contributed by atoms with E-state index in [0.29, 0.717) is 0 Å². The predicted molar refractivity (Wildman–Crippen MR) is 122 cm³/mol. The Morgan fingerprint density at radius 1 is 0.769 bits per heavy atom. The fourth-order valence-corrected chi connectivity index (χ4v) is 3.75. The van der Waals surface area contributed by atoms with Crippen LogP contribution in [-0.4, -0.2) is 31.1 Å². The number of ether oxygens (including phenoxy) is 1. The van der Waals surface area contributed by atoms with Crippen LogP contribution in [0.1, 0.15) is 76.3 Å². The predicted octanol–water partition coefficient (Wildman–Crippen LogP) is 6.39. The Bertz CT molecular complexity index is 455. The smallest absolute Gasteiger partial charge is 0.119 e. The van der Waals surface area contributed by atoms with Crippen molar-refractivity contribution >= 4 is 25.3 Å². The second-order valence-corrected chi connectivity index (χ2v) is 7.69. The summed E-state index contributed by atoms with van der Waals surface area (Å²) in [6, 6.07) is 6.29. The second-order valence-electron chi connectivity index (χ2n) is 7.06. The maximum atomic E-state index is 6.03. The first-order valence-corrected chi connectivity index (χ1v) is 11.7. The van der Waals surface area contributed by atoms with Crippen molar-refractivity contribution < 1.29 is 4.74 Å². The molecule has 0 saturated carbocycles. The van der Waals surface area contributed by atoms with Crippen molar-refractivity contribution in [1.29, 1.82) is 0 Å². The molecule has 0 bridgehead atoms. The molecule has 0 fully saturated rings. The average Bonchev–Trinajstić information content (AvgIpc) is 2.67. The molecule has 1 aromatic carbocycles. The fraction of sp³-hybridized carbons (Fsp3) is 0.727. The summed E-state index contributed by atoms with van der Waals surface area (Å²) in [5.74, 6) is 2.43. The molecule has 4 heteroatoms.